The van der Waals surface area contributed by atoms with E-state index in [1.165, 1.54) is 23.5 Å². The lowest BCUT2D eigenvalue weighted by atomic mass is 10.0. The molecule has 35 heavy (non-hydrogen) atoms. The van der Waals surface area contributed by atoms with Crippen LogP contribution in [0.2, 0.25) is 0 Å². The Morgan fingerprint density at radius 1 is 1.06 bits per heavy atom. The number of nitrogens with two attached hydrogens (primary N) is 1. The van der Waals surface area contributed by atoms with Gasteiger partial charge in [-0.05, 0) is 30.3 Å². The van der Waals surface area contributed by atoms with Crippen molar-refractivity contribution in [3.8, 4) is 11.3 Å². The molecule has 174 valence electrons. The molecule has 0 unspecified atom stereocenters. The number of para-hydroxylation sites is 1. The molecule has 2 heterocycles. The van der Waals surface area contributed by atoms with Crippen molar-refractivity contribution in [2.75, 3.05) is 0 Å². The molecule has 7 nitrogen and oxygen atoms in total. The molecule has 2 N–H and O–H groups in total. The lowest BCUT2D eigenvalue weighted by molar-refractivity contribution is 0.0999. The Morgan fingerprint density at radius 2 is 1.80 bits per heavy atom. The molecule has 0 fully saturated rings. The fourth-order valence-corrected chi connectivity index (χ4v) is 5.57. The molecule has 1 amide bonds. The molecular weight excluding hydrogens is 480 g/mol. The SMILES string of the molecule is C=CCn1c(=NC(=O)c2cc(-c3ccccc3)nc3ccccc23)sc2cc(S(N)(=O)=O)ccc21. The van der Waals surface area contributed by atoms with E-state index in [0.29, 0.717) is 38.2 Å². The highest BCUT2D eigenvalue weighted by Crippen LogP contribution is 2.26. The number of amides is 1. The van der Waals surface area contributed by atoms with E-state index < -0.39 is 15.9 Å². The number of fused-ring (bicyclic) bond motifs is 2. The fraction of sp³-hybridized carbons (Fsp3) is 0.0385. The van der Waals surface area contributed by atoms with E-state index >= 15 is 0 Å². The molecular formula is C26H20N4O3S2. The largest absolute Gasteiger partial charge is 0.312 e. The number of carbonyl (C=O) groups excluding carboxylic acids is 1. The summed E-state index contributed by atoms with van der Waals surface area (Å²) in [5.74, 6) is -0.420. The van der Waals surface area contributed by atoms with Crippen molar-refractivity contribution in [3.63, 3.8) is 0 Å². The van der Waals surface area contributed by atoms with Gasteiger partial charge in [-0.25, -0.2) is 18.5 Å². The summed E-state index contributed by atoms with van der Waals surface area (Å²) in [6.07, 6.45) is 1.69. The first-order valence-corrected chi connectivity index (χ1v) is 13.0. The number of hydrogen-bond acceptors (Lipinski definition) is 5. The number of carbonyl (C=O) groups is 1. The number of primary sulfonamides is 1. The van der Waals surface area contributed by atoms with E-state index in [4.69, 9.17) is 10.1 Å². The zero-order chi connectivity index (χ0) is 24.6. The predicted molar refractivity (Wildman–Crippen MR) is 138 cm³/mol. The number of thiazole rings is 1. The van der Waals surface area contributed by atoms with Crippen LogP contribution in [0, 0.1) is 0 Å². The maximum atomic E-state index is 13.5. The Morgan fingerprint density at radius 3 is 2.54 bits per heavy atom. The van der Waals surface area contributed by atoms with Crippen molar-refractivity contribution in [1.29, 1.82) is 0 Å². The van der Waals surface area contributed by atoms with Crippen LogP contribution in [-0.4, -0.2) is 23.9 Å². The second-order valence-electron chi connectivity index (χ2n) is 7.81. The van der Waals surface area contributed by atoms with Gasteiger partial charge in [-0.1, -0.05) is 65.9 Å². The molecule has 3 aromatic carbocycles. The first-order chi connectivity index (χ1) is 16.8. The maximum Gasteiger partial charge on any atom is 0.280 e. The van der Waals surface area contributed by atoms with Gasteiger partial charge in [0.1, 0.15) is 0 Å². The third kappa shape index (κ3) is 4.44. The zero-order valence-electron chi connectivity index (χ0n) is 18.5. The maximum absolute atomic E-state index is 13.5. The van der Waals surface area contributed by atoms with Gasteiger partial charge in [0.15, 0.2) is 4.80 Å². The van der Waals surface area contributed by atoms with Crippen LogP contribution >= 0.6 is 11.3 Å². The summed E-state index contributed by atoms with van der Waals surface area (Å²) < 4.78 is 26.1. The molecule has 0 aliphatic heterocycles. The molecule has 0 saturated heterocycles. The number of allylic oxidation sites excluding steroid dienone is 1. The minimum Gasteiger partial charge on any atom is -0.312 e. The fourth-order valence-electron chi connectivity index (χ4n) is 3.88. The van der Waals surface area contributed by atoms with Crippen molar-refractivity contribution < 1.29 is 13.2 Å². The molecule has 0 spiro atoms. The van der Waals surface area contributed by atoms with Crippen LogP contribution in [0.15, 0.2) is 101 Å². The second-order valence-corrected chi connectivity index (χ2v) is 10.4. The Hall–Kier alpha value is -3.92. The van der Waals surface area contributed by atoms with Gasteiger partial charge in [0.25, 0.3) is 5.91 Å². The van der Waals surface area contributed by atoms with E-state index in [0.717, 1.165) is 11.1 Å². The lowest BCUT2D eigenvalue weighted by Crippen LogP contribution is -2.16. The number of rotatable bonds is 5. The Bertz CT molecular complexity index is 1790. The smallest absolute Gasteiger partial charge is 0.280 e. The van der Waals surface area contributed by atoms with Crippen LogP contribution in [0.4, 0.5) is 0 Å². The third-order valence-electron chi connectivity index (χ3n) is 5.51. The molecule has 0 bridgehead atoms. The van der Waals surface area contributed by atoms with Gasteiger partial charge in [-0.3, -0.25) is 4.79 Å². The highest BCUT2D eigenvalue weighted by molar-refractivity contribution is 7.89. The average molecular weight is 501 g/mol. The highest BCUT2D eigenvalue weighted by atomic mass is 32.2. The summed E-state index contributed by atoms with van der Waals surface area (Å²) in [6.45, 7) is 4.19. The van der Waals surface area contributed by atoms with Crippen LogP contribution < -0.4 is 9.94 Å². The van der Waals surface area contributed by atoms with Gasteiger partial charge in [0, 0.05) is 17.5 Å². The molecule has 5 aromatic rings. The lowest BCUT2D eigenvalue weighted by Gasteiger charge is -2.08. The first-order valence-electron chi connectivity index (χ1n) is 10.7. The van der Waals surface area contributed by atoms with Crippen molar-refractivity contribution >= 4 is 48.4 Å². The van der Waals surface area contributed by atoms with Gasteiger partial charge in [-0.2, -0.15) is 4.99 Å². The van der Waals surface area contributed by atoms with E-state index in [-0.39, 0.29) is 4.90 Å². The van der Waals surface area contributed by atoms with E-state index in [1.54, 1.807) is 18.2 Å². The second kappa shape index (κ2) is 9.03. The number of pyridine rings is 1. The minimum absolute atomic E-state index is 0.00232. The quantitative estimate of drug-likeness (QED) is 0.359. The normalized spacial score (nSPS) is 12.3. The molecule has 5 rings (SSSR count). The predicted octanol–water partition coefficient (Wildman–Crippen LogP) is 4.49. The number of hydrogen-bond donors (Lipinski definition) is 1. The standard InChI is InChI=1S/C26H20N4O3S2/c1-2-14-30-23-13-12-18(35(27,32)33)15-24(23)34-26(30)29-25(31)20-16-22(17-8-4-3-5-9-17)28-21-11-7-6-10-19(20)21/h2-13,15-16H,1,14H2,(H2,27,32,33). The molecule has 0 aliphatic rings. The summed E-state index contributed by atoms with van der Waals surface area (Å²) in [7, 11) is -3.86. The summed E-state index contributed by atoms with van der Waals surface area (Å²) in [6, 6.07) is 23.4. The van der Waals surface area contributed by atoms with Gasteiger partial charge < -0.3 is 4.57 Å². The van der Waals surface area contributed by atoms with E-state index in [2.05, 4.69) is 11.6 Å². The summed E-state index contributed by atoms with van der Waals surface area (Å²) in [4.78, 5) is 23.1. The zero-order valence-corrected chi connectivity index (χ0v) is 20.1. The molecule has 0 atom stereocenters. The number of nitrogens with zero attached hydrogens (tertiary/aromatic N) is 3. The van der Waals surface area contributed by atoms with E-state index in [1.807, 2.05) is 59.2 Å². The van der Waals surface area contributed by atoms with Crippen LogP contribution in [0.5, 0.6) is 0 Å². The minimum atomic E-state index is -3.86. The van der Waals surface area contributed by atoms with Crippen LogP contribution in [0.1, 0.15) is 10.4 Å². The highest BCUT2D eigenvalue weighted by Gasteiger charge is 2.16. The van der Waals surface area contributed by atoms with E-state index in [9.17, 15) is 13.2 Å². The van der Waals surface area contributed by atoms with Crippen molar-refractivity contribution in [3.05, 3.63) is 102 Å². The summed E-state index contributed by atoms with van der Waals surface area (Å²) >= 11 is 1.22. The topological polar surface area (TPSA) is 107 Å². The van der Waals surface area contributed by atoms with Gasteiger partial charge >= 0.3 is 0 Å². The van der Waals surface area contributed by atoms with Crippen molar-refractivity contribution in [2.45, 2.75) is 11.4 Å². The molecule has 0 aliphatic carbocycles. The molecule has 0 saturated carbocycles. The first kappa shape index (κ1) is 22.9. The summed E-state index contributed by atoms with van der Waals surface area (Å²) in [5.41, 5.74) is 3.43. The van der Waals surface area contributed by atoms with Crippen LogP contribution in [0.25, 0.3) is 32.4 Å². The van der Waals surface area contributed by atoms with Crippen molar-refractivity contribution in [2.24, 2.45) is 10.1 Å². The third-order valence-corrected chi connectivity index (χ3v) is 7.46. The molecule has 2 aromatic heterocycles. The molecule has 0 radical (unpaired) electrons. The Kier molecular flexibility index (Phi) is 5.89. The Balaban J connectivity index is 1.71. The monoisotopic (exact) mass is 500 g/mol. The summed E-state index contributed by atoms with van der Waals surface area (Å²) in [5, 5.41) is 6.00. The average Bonchev–Trinajstić information content (AvgIpc) is 3.19. The van der Waals surface area contributed by atoms with Gasteiger partial charge in [0.2, 0.25) is 10.0 Å². The van der Waals surface area contributed by atoms with Gasteiger partial charge in [-0.15, -0.1) is 6.58 Å². The van der Waals surface area contributed by atoms with Crippen LogP contribution in [-0.2, 0) is 16.6 Å². The van der Waals surface area contributed by atoms with Gasteiger partial charge in [0.05, 0.1) is 31.9 Å². The Labute approximate surface area is 205 Å². The molecule has 9 heteroatoms. The number of aromatic nitrogens is 2. The number of sulfonamides is 1. The van der Waals surface area contributed by atoms with Crippen LogP contribution in [0.3, 0.4) is 0 Å². The van der Waals surface area contributed by atoms with Crippen molar-refractivity contribution in [1.82, 2.24) is 9.55 Å². The number of benzene rings is 3.